The average Bonchev–Trinajstić information content (AvgIpc) is 2.74. The van der Waals surface area contributed by atoms with Crippen molar-refractivity contribution in [2.75, 3.05) is 32.1 Å². The Morgan fingerprint density at radius 2 is 1.76 bits per heavy atom. The summed E-state index contributed by atoms with van der Waals surface area (Å²) in [5.41, 5.74) is 1.03. The molecule has 186 valence electrons. The van der Waals surface area contributed by atoms with Gasteiger partial charge in [-0.1, -0.05) is 45.7 Å². The van der Waals surface area contributed by atoms with Crippen LogP contribution in [-0.2, 0) is 6.42 Å². The predicted octanol–water partition coefficient (Wildman–Crippen LogP) is 6.64. The summed E-state index contributed by atoms with van der Waals surface area (Å²) < 4.78 is 36.3. The second-order valence-electron chi connectivity index (χ2n) is 9.83. The molecule has 4 nitrogen and oxygen atoms in total. The minimum Gasteiger partial charge on any atom is -0.362 e. The highest BCUT2D eigenvalue weighted by molar-refractivity contribution is 5.89. The first kappa shape index (κ1) is 27.4. The topological polar surface area (TPSA) is 41.1 Å². The fourth-order valence-corrected chi connectivity index (χ4v) is 4.32. The second-order valence-corrected chi connectivity index (χ2v) is 9.83. The molecule has 1 heterocycles. The van der Waals surface area contributed by atoms with Gasteiger partial charge in [0.05, 0.1) is 5.52 Å². The zero-order chi connectivity index (χ0) is 24.4. The number of fused-ring (bicyclic) bond motifs is 1. The summed E-state index contributed by atoms with van der Waals surface area (Å²) in [7, 11) is 4.04. The second kappa shape index (κ2) is 13.1. The van der Waals surface area contributed by atoms with Gasteiger partial charge in [0.15, 0.2) is 0 Å². The number of aromatic nitrogens is 2. The minimum absolute atomic E-state index is 0.322. The standard InChI is InChI=1S/C13H24F3N.C13H17N3/c1-10-3-5-12(6-4-10)9-17-8-11(2)7-13(14,15)16;1-4-7-12-14-11-9-6-5-8-10(11)13(15-12)16(2)3/h10-12,17H,3-9H2,1-2H3;5-6,8-9H,4,7H2,1-3H3. The Morgan fingerprint density at radius 3 is 2.36 bits per heavy atom. The number of nitrogens with one attached hydrogen (secondary N) is 1. The Morgan fingerprint density at radius 1 is 1.09 bits per heavy atom. The molecule has 1 unspecified atom stereocenters. The third kappa shape index (κ3) is 9.86. The number of alkyl halides is 3. The van der Waals surface area contributed by atoms with Crippen LogP contribution in [0, 0.1) is 17.8 Å². The van der Waals surface area contributed by atoms with Gasteiger partial charge in [0, 0.05) is 32.3 Å². The van der Waals surface area contributed by atoms with Crippen LogP contribution in [0.25, 0.3) is 10.9 Å². The molecule has 33 heavy (non-hydrogen) atoms. The monoisotopic (exact) mass is 466 g/mol. The van der Waals surface area contributed by atoms with Gasteiger partial charge in [-0.05, 0) is 62.2 Å². The summed E-state index contributed by atoms with van der Waals surface area (Å²) in [6, 6.07) is 8.16. The van der Waals surface area contributed by atoms with Crippen molar-refractivity contribution in [1.29, 1.82) is 0 Å². The van der Waals surface area contributed by atoms with Crippen molar-refractivity contribution in [3.05, 3.63) is 30.1 Å². The number of anilines is 1. The smallest absolute Gasteiger partial charge is 0.362 e. The lowest BCUT2D eigenvalue weighted by Crippen LogP contribution is -2.30. The Bertz CT molecular complexity index is 830. The molecule has 1 saturated carbocycles. The zero-order valence-corrected chi connectivity index (χ0v) is 20.9. The highest BCUT2D eigenvalue weighted by Crippen LogP contribution is 2.28. The summed E-state index contributed by atoms with van der Waals surface area (Å²) in [5.74, 6) is 3.12. The van der Waals surface area contributed by atoms with Crippen molar-refractivity contribution in [3.63, 3.8) is 0 Å². The van der Waals surface area contributed by atoms with Gasteiger partial charge in [-0.2, -0.15) is 13.2 Å². The van der Waals surface area contributed by atoms with E-state index in [1.807, 2.05) is 37.2 Å². The highest BCUT2D eigenvalue weighted by atomic mass is 19.4. The van der Waals surface area contributed by atoms with E-state index in [1.165, 1.54) is 25.7 Å². The molecule has 1 aromatic heterocycles. The van der Waals surface area contributed by atoms with Gasteiger partial charge in [-0.25, -0.2) is 9.97 Å². The van der Waals surface area contributed by atoms with Crippen LogP contribution in [0.4, 0.5) is 19.0 Å². The Hall–Kier alpha value is -1.89. The number of para-hydroxylation sites is 1. The van der Waals surface area contributed by atoms with Crippen LogP contribution in [-0.4, -0.2) is 43.3 Å². The molecule has 3 rings (SSSR count). The van der Waals surface area contributed by atoms with Gasteiger partial charge >= 0.3 is 6.18 Å². The van der Waals surface area contributed by atoms with Gasteiger partial charge in [-0.3, -0.25) is 0 Å². The molecule has 7 heteroatoms. The Labute approximate surface area is 197 Å². The van der Waals surface area contributed by atoms with Crippen molar-refractivity contribution in [3.8, 4) is 0 Å². The van der Waals surface area contributed by atoms with Gasteiger partial charge in [0.1, 0.15) is 11.6 Å². The molecule has 1 atom stereocenters. The fourth-order valence-electron chi connectivity index (χ4n) is 4.32. The molecular formula is C26H41F3N4. The fraction of sp³-hybridized carbons (Fsp3) is 0.692. The van der Waals surface area contributed by atoms with Gasteiger partial charge in [-0.15, -0.1) is 0 Å². The normalized spacial score (nSPS) is 19.6. The lowest BCUT2D eigenvalue weighted by molar-refractivity contribution is -0.142. The van der Waals surface area contributed by atoms with E-state index >= 15 is 0 Å². The number of aryl methyl sites for hydroxylation is 1. The lowest BCUT2D eigenvalue weighted by atomic mass is 9.83. The molecule has 2 aromatic rings. The number of rotatable bonds is 8. The van der Waals surface area contributed by atoms with Crippen LogP contribution >= 0.6 is 0 Å². The van der Waals surface area contributed by atoms with Crippen molar-refractivity contribution >= 4 is 16.7 Å². The first-order chi connectivity index (χ1) is 15.6. The van der Waals surface area contributed by atoms with Crippen molar-refractivity contribution in [1.82, 2.24) is 15.3 Å². The maximum Gasteiger partial charge on any atom is 0.389 e. The van der Waals surface area contributed by atoms with Gasteiger partial charge in [0.25, 0.3) is 0 Å². The third-order valence-corrected chi connectivity index (χ3v) is 6.17. The molecule has 1 fully saturated rings. The first-order valence-corrected chi connectivity index (χ1v) is 12.3. The van der Waals surface area contributed by atoms with E-state index in [9.17, 15) is 13.2 Å². The summed E-state index contributed by atoms with van der Waals surface area (Å²) in [6.07, 6.45) is 2.29. The van der Waals surface area contributed by atoms with Crippen molar-refractivity contribution < 1.29 is 13.2 Å². The molecule has 1 aromatic carbocycles. The van der Waals surface area contributed by atoms with E-state index in [0.717, 1.165) is 47.8 Å². The summed E-state index contributed by atoms with van der Waals surface area (Å²) in [6.45, 7) is 7.44. The molecule has 1 aliphatic carbocycles. The molecule has 0 spiro atoms. The van der Waals surface area contributed by atoms with E-state index < -0.39 is 12.6 Å². The van der Waals surface area contributed by atoms with Crippen molar-refractivity contribution in [2.24, 2.45) is 17.8 Å². The first-order valence-electron chi connectivity index (χ1n) is 12.3. The van der Waals surface area contributed by atoms with Crippen LogP contribution in [0.2, 0.25) is 0 Å². The molecule has 0 aliphatic heterocycles. The highest BCUT2D eigenvalue weighted by Gasteiger charge is 2.29. The van der Waals surface area contributed by atoms with Gasteiger partial charge in [0.2, 0.25) is 0 Å². The molecule has 0 bridgehead atoms. The van der Waals surface area contributed by atoms with Crippen LogP contribution in [0.1, 0.15) is 65.1 Å². The van der Waals surface area contributed by atoms with E-state index in [0.29, 0.717) is 12.5 Å². The maximum atomic E-state index is 12.1. The SMILES string of the molecule is CC1CCC(CNCC(C)CC(F)(F)F)CC1.CCCc1nc(N(C)C)c2ccccc2n1. The quantitative estimate of drug-likeness (QED) is 0.473. The summed E-state index contributed by atoms with van der Waals surface area (Å²) in [4.78, 5) is 11.2. The van der Waals surface area contributed by atoms with E-state index in [4.69, 9.17) is 0 Å². The van der Waals surface area contributed by atoms with E-state index in [2.05, 4.69) is 35.2 Å². The van der Waals surface area contributed by atoms with Crippen LogP contribution in [0.5, 0.6) is 0 Å². The molecule has 0 amide bonds. The van der Waals surface area contributed by atoms with Crippen molar-refractivity contribution in [2.45, 2.75) is 71.9 Å². The third-order valence-electron chi connectivity index (χ3n) is 6.17. The predicted molar refractivity (Wildman–Crippen MR) is 132 cm³/mol. The molecule has 0 radical (unpaired) electrons. The Kier molecular flexibility index (Phi) is 10.9. The molecule has 1 N–H and O–H groups in total. The average molecular weight is 467 g/mol. The van der Waals surface area contributed by atoms with E-state index in [-0.39, 0.29) is 5.92 Å². The molecular weight excluding hydrogens is 425 g/mol. The summed E-state index contributed by atoms with van der Waals surface area (Å²) >= 11 is 0. The van der Waals surface area contributed by atoms with Crippen LogP contribution in [0.3, 0.4) is 0 Å². The molecule has 1 aliphatic rings. The number of halogens is 3. The molecule has 0 saturated heterocycles. The lowest BCUT2D eigenvalue weighted by Gasteiger charge is -2.26. The largest absolute Gasteiger partial charge is 0.389 e. The Balaban J connectivity index is 0.000000234. The summed E-state index contributed by atoms with van der Waals surface area (Å²) in [5, 5.41) is 4.31. The van der Waals surface area contributed by atoms with Crippen LogP contribution < -0.4 is 10.2 Å². The number of benzene rings is 1. The van der Waals surface area contributed by atoms with E-state index in [1.54, 1.807) is 6.92 Å². The number of hydrogen-bond donors (Lipinski definition) is 1. The number of hydrogen-bond acceptors (Lipinski definition) is 4. The van der Waals surface area contributed by atoms with Gasteiger partial charge < -0.3 is 10.2 Å². The minimum atomic E-state index is -4.03. The van der Waals surface area contributed by atoms with Crippen LogP contribution in [0.15, 0.2) is 24.3 Å². The maximum absolute atomic E-state index is 12.1. The zero-order valence-electron chi connectivity index (χ0n) is 20.9. The number of nitrogens with zero attached hydrogens (tertiary/aromatic N) is 3.